The zero-order valence-electron chi connectivity index (χ0n) is 35.4. The molecule has 0 bridgehead atoms. The Kier molecular flexibility index (Phi) is 28.3. The van der Waals surface area contributed by atoms with Gasteiger partial charge in [-0.15, -0.1) is 0 Å². The molecule has 0 atom stereocenters. The van der Waals surface area contributed by atoms with Crippen molar-refractivity contribution >= 4 is 46.8 Å². The van der Waals surface area contributed by atoms with Gasteiger partial charge in [-0.3, -0.25) is 24.1 Å². The smallest absolute Gasteiger partial charge is 0.407 e. The summed E-state index contributed by atoms with van der Waals surface area (Å²) in [7, 11) is 0. The van der Waals surface area contributed by atoms with Gasteiger partial charge in [0.15, 0.2) is 0 Å². The zero-order chi connectivity index (χ0) is 43.1. The highest BCUT2D eigenvalue weighted by atomic mass is 16.6. The molecule has 3 aromatic carbocycles. The molecule has 14 heteroatoms. The van der Waals surface area contributed by atoms with Crippen LogP contribution in [0.15, 0.2) is 60.7 Å². The first-order valence-electron chi connectivity index (χ1n) is 19.8. The molecule has 0 saturated heterocycles. The Hall–Kier alpha value is -5.05. The number of amides is 3. The maximum atomic E-state index is 13.2. The quantitative estimate of drug-likeness (QED) is 0.0367. The number of nitrogens with one attached hydrogen (secondary N) is 2. The van der Waals surface area contributed by atoms with Crippen molar-refractivity contribution in [2.24, 2.45) is 5.73 Å². The highest BCUT2D eigenvalue weighted by Crippen LogP contribution is 2.34. The molecule has 0 spiro atoms. The molecule has 3 aromatic rings. The fraction of sp³-hybridized carbons (Fsp3) is 0.512. The lowest BCUT2D eigenvalue weighted by Crippen LogP contribution is -2.42. The Morgan fingerprint density at radius 2 is 1.40 bits per heavy atom. The minimum atomic E-state index is -0.561. The number of benzene rings is 3. The van der Waals surface area contributed by atoms with Gasteiger partial charge in [0.1, 0.15) is 18.8 Å². The summed E-state index contributed by atoms with van der Waals surface area (Å²) in [5, 5.41) is 7.28. The van der Waals surface area contributed by atoms with Crippen LogP contribution in [-0.4, -0.2) is 100 Å². The number of carbonyl (C=O) groups is 5. The average Bonchev–Trinajstić information content (AvgIpc) is 3.22. The van der Waals surface area contributed by atoms with Crippen molar-refractivity contribution in [1.82, 2.24) is 10.2 Å². The molecule has 318 valence electrons. The van der Waals surface area contributed by atoms with E-state index in [9.17, 15) is 24.0 Å². The maximum Gasteiger partial charge on any atom is 0.407 e. The number of imide groups is 1. The number of rotatable bonds is 19. The number of esters is 1. The summed E-state index contributed by atoms with van der Waals surface area (Å²) in [6, 6.07) is 18.4. The van der Waals surface area contributed by atoms with E-state index in [0.29, 0.717) is 68.9 Å². The Morgan fingerprint density at radius 3 is 2.02 bits per heavy atom. The Labute approximate surface area is 339 Å². The number of nitrogens with two attached hydrogens (primary N) is 1. The van der Waals surface area contributed by atoms with E-state index < -0.39 is 11.7 Å². The van der Waals surface area contributed by atoms with E-state index in [4.69, 9.17) is 24.7 Å². The second kappa shape index (κ2) is 31.1. The molecule has 0 unspecified atom stereocenters. The number of ether oxygens (including phenoxy) is 5. The lowest BCUT2D eigenvalue weighted by atomic mass is 9.93. The molecule has 1 aliphatic heterocycles. The molecule has 57 heavy (non-hydrogen) atoms. The first-order valence-corrected chi connectivity index (χ1v) is 19.8. The number of carbonyl (C=O) groups excluding carboxylic acids is 5. The van der Waals surface area contributed by atoms with E-state index in [1.807, 2.05) is 84.0 Å². The highest BCUT2D eigenvalue weighted by Gasteiger charge is 2.33. The molecule has 0 aliphatic carbocycles. The van der Waals surface area contributed by atoms with Crippen molar-refractivity contribution < 1.29 is 47.7 Å². The van der Waals surface area contributed by atoms with Gasteiger partial charge in [0.2, 0.25) is 0 Å². The van der Waals surface area contributed by atoms with Crippen LogP contribution >= 0.6 is 0 Å². The summed E-state index contributed by atoms with van der Waals surface area (Å²) in [6.45, 7) is 20.6. The van der Waals surface area contributed by atoms with E-state index in [-0.39, 0.29) is 50.6 Å². The third kappa shape index (κ3) is 20.1. The Balaban J connectivity index is 0.00000165. The van der Waals surface area contributed by atoms with Gasteiger partial charge >= 0.3 is 12.1 Å². The molecule has 4 N–H and O–H groups in total. The molecular formula is C43H66N4O10. The van der Waals surface area contributed by atoms with Gasteiger partial charge in [0.25, 0.3) is 18.3 Å². The molecule has 0 radical (unpaired) electrons. The van der Waals surface area contributed by atoms with Crippen molar-refractivity contribution in [2.75, 3.05) is 64.5 Å². The fourth-order valence-electron chi connectivity index (χ4n) is 4.93. The highest BCUT2D eigenvalue weighted by molar-refractivity contribution is 6.26. The van der Waals surface area contributed by atoms with Crippen molar-refractivity contribution in [3.05, 3.63) is 77.4 Å². The van der Waals surface area contributed by atoms with Gasteiger partial charge < -0.3 is 40.1 Å². The van der Waals surface area contributed by atoms with Crippen LogP contribution in [0.2, 0.25) is 0 Å². The van der Waals surface area contributed by atoms with E-state index in [1.165, 1.54) is 4.90 Å². The van der Waals surface area contributed by atoms with Crippen LogP contribution in [0.3, 0.4) is 0 Å². The molecular weight excluding hydrogens is 732 g/mol. The van der Waals surface area contributed by atoms with Gasteiger partial charge in [0.05, 0.1) is 33.0 Å². The topological polar surface area (TPSA) is 185 Å². The molecule has 0 fully saturated rings. The predicted octanol–water partition coefficient (Wildman–Crippen LogP) is 7.13. The summed E-state index contributed by atoms with van der Waals surface area (Å²) in [5.74, 6) is -1.04. The molecule has 0 aromatic heterocycles. The van der Waals surface area contributed by atoms with Crippen LogP contribution < -0.4 is 16.4 Å². The van der Waals surface area contributed by atoms with Crippen molar-refractivity contribution in [1.29, 1.82) is 0 Å². The predicted molar refractivity (Wildman–Crippen MR) is 224 cm³/mol. The van der Waals surface area contributed by atoms with E-state index in [1.54, 1.807) is 39.0 Å². The minimum absolute atomic E-state index is 0.105. The van der Waals surface area contributed by atoms with Gasteiger partial charge in [0, 0.05) is 53.6 Å². The van der Waals surface area contributed by atoms with Crippen molar-refractivity contribution in [3.8, 4) is 0 Å². The first kappa shape index (κ1) is 52.0. The minimum Gasteiger partial charge on any atom is -0.464 e. The van der Waals surface area contributed by atoms with Crippen LogP contribution in [0.25, 0.3) is 10.8 Å². The lowest BCUT2D eigenvalue weighted by molar-refractivity contribution is -0.143. The second-order valence-corrected chi connectivity index (χ2v) is 12.2. The van der Waals surface area contributed by atoms with Crippen molar-refractivity contribution in [3.63, 3.8) is 0 Å². The molecule has 0 saturated carbocycles. The van der Waals surface area contributed by atoms with Crippen LogP contribution in [0.5, 0.6) is 0 Å². The van der Waals surface area contributed by atoms with E-state index >= 15 is 0 Å². The fourth-order valence-corrected chi connectivity index (χ4v) is 4.93. The number of alkyl carbamates (subject to hydrolysis) is 1. The maximum absolute atomic E-state index is 13.2. The van der Waals surface area contributed by atoms with Crippen LogP contribution in [-0.2, 0) is 39.9 Å². The number of nitrogens with zero attached hydrogens (tertiary/aromatic N) is 1. The monoisotopic (exact) mass is 798 g/mol. The standard InChI is InChI=1S/C29H40N4O8.C8H8O2.3C2H6/c1-29(2,3)41-28(37)32-13-16-38-18-19-39-17-14-33-26(35)21-7-4-6-20-23(10-9-22(25(20)21)27(33)36)31-12-5-8-24(34)40-15-11-30;9-7-10-6-8-4-2-1-3-5-8;3*1-2/h4,6-7,9-10,31H,5,8,11-19,30H2,1-3H3,(H,32,37);1-5,7H,6H2;3*1-2H3. The zero-order valence-corrected chi connectivity index (χ0v) is 35.4. The summed E-state index contributed by atoms with van der Waals surface area (Å²) in [4.78, 5) is 60.7. The third-order valence-electron chi connectivity index (χ3n) is 7.15. The third-order valence-corrected chi connectivity index (χ3v) is 7.15. The van der Waals surface area contributed by atoms with Gasteiger partial charge in [-0.25, -0.2) is 4.79 Å². The largest absolute Gasteiger partial charge is 0.464 e. The molecule has 1 heterocycles. The van der Waals surface area contributed by atoms with Crippen LogP contribution in [0.1, 0.15) is 101 Å². The van der Waals surface area contributed by atoms with Gasteiger partial charge in [-0.05, 0) is 51.0 Å². The SMILES string of the molecule is CC.CC.CC.CC(C)(C)OC(=O)NCCOCCOCCN1C(=O)c2cccc3c(NCCCC(=O)OCCN)ccc(c23)C1=O.O=COCc1ccccc1. The summed E-state index contributed by atoms with van der Waals surface area (Å²) in [5.41, 5.74) is 7.47. The van der Waals surface area contributed by atoms with Gasteiger partial charge in [-0.2, -0.15) is 0 Å². The normalized spacial score (nSPS) is 11.2. The summed E-state index contributed by atoms with van der Waals surface area (Å²) >= 11 is 0. The number of hydrogen-bond donors (Lipinski definition) is 3. The van der Waals surface area contributed by atoms with Gasteiger partial charge in [-0.1, -0.05) is 84.0 Å². The Bertz CT molecular complexity index is 1570. The second-order valence-electron chi connectivity index (χ2n) is 12.2. The van der Waals surface area contributed by atoms with Crippen LogP contribution in [0, 0.1) is 0 Å². The van der Waals surface area contributed by atoms with Crippen molar-refractivity contribution in [2.45, 2.75) is 87.4 Å². The number of hydrogen-bond acceptors (Lipinski definition) is 12. The molecule has 4 rings (SSSR count). The van der Waals surface area contributed by atoms with Crippen LogP contribution in [0.4, 0.5) is 10.5 Å². The number of anilines is 1. The van der Waals surface area contributed by atoms with E-state index in [0.717, 1.165) is 16.6 Å². The summed E-state index contributed by atoms with van der Waals surface area (Å²) in [6.07, 6.45) is 0.321. The Morgan fingerprint density at radius 1 is 0.772 bits per heavy atom. The molecule has 3 amide bonds. The molecule has 14 nitrogen and oxygen atoms in total. The summed E-state index contributed by atoms with van der Waals surface area (Å²) < 4.78 is 25.7. The first-order chi connectivity index (χ1) is 27.6. The lowest BCUT2D eigenvalue weighted by Gasteiger charge is -2.27. The average molecular weight is 799 g/mol. The molecule has 1 aliphatic rings. The van der Waals surface area contributed by atoms with E-state index in [2.05, 4.69) is 15.4 Å².